The van der Waals surface area contributed by atoms with Crippen LogP contribution in [-0.2, 0) is 14.2 Å². The summed E-state index contributed by atoms with van der Waals surface area (Å²) >= 11 is 3.65. The molecule has 0 spiro atoms. The zero-order valence-electron chi connectivity index (χ0n) is 10.2. The highest BCUT2D eigenvalue weighted by Gasteiger charge is 2.40. The Morgan fingerprint density at radius 1 is 1.35 bits per heavy atom. The van der Waals surface area contributed by atoms with Gasteiger partial charge in [-0.3, -0.25) is 0 Å². The number of carbonyl (C=O) groups excluding carboxylic acids is 1. The predicted molar refractivity (Wildman–Crippen MR) is 66.3 cm³/mol. The monoisotopic (exact) mass is 306 g/mol. The Hall–Kier alpha value is -0.290. The third-order valence-corrected chi connectivity index (χ3v) is 4.65. The van der Waals surface area contributed by atoms with Gasteiger partial charge in [0, 0.05) is 11.2 Å². The number of alkyl halides is 1. The van der Waals surface area contributed by atoms with Crippen LogP contribution in [0, 0.1) is 0 Å². The van der Waals surface area contributed by atoms with Crippen molar-refractivity contribution in [1.29, 1.82) is 0 Å². The molecule has 0 aromatic heterocycles. The van der Waals surface area contributed by atoms with Crippen LogP contribution < -0.4 is 0 Å². The molecule has 17 heavy (non-hydrogen) atoms. The van der Waals surface area contributed by atoms with E-state index in [1.54, 1.807) is 0 Å². The molecule has 2 aliphatic heterocycles. The molecule has 2 rings (SSSR count). The first-order chi connectivity index (χ1) is 8.10. The van der Waals surface area contributed by atoms with Gasteiger partial charge in [-0.1, -0.05) is 22.9 Å². The standard InChI is InChI=1S/C12H19BrO4/c1-3-8(13)9-4-5-10-11(6-7(2)15-9)17-12(14)16-10/h7-11H,3-6H2,1-2H3/t7?,8-,9?,10?,11?/m0/s1. The summed E-state index contributed by atoms with van der Waals surface area (Å²) in [6.07, 6.45) is 2.99. The molecule has 0 N–H and O–H groups in total. The molecule has 0 aromatic carbocycles. The molecule has 0 aromatic rings. The molecule has 0 saturated carbocycles. The van der Waals surface area contributed by atoms with Crippen LogP contribution in [-0.4, -0.2) is 35.4 Å². The Kier molecular flexibility index (Phi) is 4.31. The summed E-state index contributed by atoms with van der Waals surface area (Å²) in [7, 11) is 0. The van der Waals surface area contributed by atoms with Gasteiger partial charge in [-0.2, -0.15) is 0 Å². The Labute approximate surface area is 110 Å². The van der Waals surface area contributed by atoms with Gasteiger partial charge in [0.1, 0.15) is 12.2 Å². The maximum Gasteiger partial charge on any atom is 0.509 e. The summed E-state index contributed by atoms with van der Waals surface area (Å²) in [5.74, 6) is 0. The fourth-order valence-electron chi connectivity index (χ4n) is 2.48. The van der Waals surface area contributed by atoms with Crippen molar-refractivity contribution in [3.63, 3.8) is 0 Å². The van der Waals surface area contributed by atoms with Gasteiger partial charge in [-0.15, -0.1) is 0 Å². The lowest BCUT2D eigenvalue weighted by Crippen LogP contribution is -2.37. The highest BCUT2D eigenvalue weighted by Crippen LogP contribution is 2.30. The van der Waals surface area contributed by atoms with Crippen LogP contribution in [0.1, 0.15) is 39.5 Å². The van der Waals surface area contributed by atoms with Crippen molar-refractivity contribution in [2.75, 3.05) is 0 Å². The largest absolute Gasteiger partial charge is 0.509 e. The molecule has 2 aliphatic rings. The van der Waals surface area contributed by atoms with E-state index in [0.29, 0.717) is 4.83 Å². The van der Waals surface area contributed by atoms with Crippen LogP contribution >= 0.6 is 15.9 Å². The topological polar surface area (TPSA) is 44.8 Å². The third-order valence-electron chi connectivity index (χ3n) is 3.41. The lowest BCUT2D eigenvalue weighted by atomic mass is 9.97. The molecule has 0 radical (unpaired) electrons. The predicted octanol–water partition coefficient (Wildman–Crippen LogP) is 3.02. The van der Waals surface area contributed by atoms with Gasteiger partial charge in [-0.25, -0.2) is 4.79 Å². The summed E-state index contributed by atoms with van der Waals surface area (Å²) < 4.78 is 16.3. The average molecular weight is 307 g/mol. The second kappa shape index (κ2) is 5.57. The smallest absolute Gasteiger partial charge is 0.427 e. The molecule has 2 saturated heterocycles. The van der Waals surface area contributed by atoms with E-state index < -0.39 is 6.16 Å². The summed E-state index contributed by atoms with van der Waals surface area (Å²) in [5, 5.41) is 0. The van der Waals surface area contributed by atoms with Crippen LogP contribution in [0.3, 0.4) is 0 Å². The molecule has 0 bridgehead atoms. The zero-order chi connectivity index (χ0) is 12.4. The molecule has 0 aliphatic carbocycles. The number of ether oxygens (including phenoxy) is 3. The van der Waals surface area contributed by atoms with Gasteiger partial charge in [0.25, 0.3) is 0 Å². The molecule has 5 atom stereocenters. The number of hydrogen-bond acceptors (Lipinski definition) is 4. The number of halogens is 1. The van der Waals surface area contributed by atoms with Crippen LogP contribution in [0.25, 0.3) is 0 Å². The Morgan fingerprint density at radius 2 is 2.06 bits per heavy atom. The first-order valence-electron chi connectivity index (χ1n) is 6.27. The number of rotatable bonds is 2. The number of fused-ring (bicyclic) bond motifs is 1. The van der Waals surface area contributed by atoms with Crippen LogP contribution in [0.5, 0.6) is 0 Å². The molecule has 4 nitrogen and oxygen atoms in total. The lowest BCUT2D eigenvalue weighted by molar-refractivity contribution is -0.0510. The SMILES string of the molecule is CC[C@H](Br)C1CCC2OC(=O)OC2CC(C)O1. The van der Waals surface area contributed by atoms with E-state index in [9.17, 15) is 4.79 Å². The van der Waals surface area contributed by atoms with Crippen molar-refractivity contribution in [1.82, 2.24) is 0 Å². The summed E-state index contributed by atoms with van der Waals surface area (Å²) in [5.41, 5.74) is 0. The molecule has 0 amide bonds. The fourth-order valence-corrected chi connectivity index (χ4v) is 2.87. The second-order valence-corrected chi connectivity index (χ2v) is 5.96. The van der Waals surface area contributed by atoms with Crippen LogP contribution in [0.15, 0.2) is 0 Å². The van der Waals surface area contributed by atoms with Crippen LogP contribution in [0.2, 0.25) is 0 Å². The number of carbonyl (C=O) groups is 1. The quantitative estimate of drug-likeness (QED) is 0.581. The van der Waals surface area contributed by atoms with Crippen molar-refractivity contribution in [2.45, 2.75) is 68.8 Å². The minimum absolute atomic E-state index is 0.0899. The lowest BCUT2D eigenvalue weighted by Gasteiger charge is -2.31. The van der Waals surface area contributed by atoms with Gasteiger partial charge >= 0.3 is 6.16 Å². The van der Waals surface area contributed by atoms with Crippen molar-refractivity contribution >= 4 is 22.1 Å². The Balaban J connectivity index is 2.00. The molecule has 5 heteroatoms. The van der Waals surface area contributed by atoms with Gasteiger partial charge in [-0.05, 0) is 26.2 Å². The van der Waals surface area contributed by atoms with E-state index in [2.05, 4.69) is 22.9 Å². The zero-order valence-corrected chi connectivity index (χ0v) is 11.8. The molecule has 2 heterocycles. The average Bonchev–Trinajstić information content (AvgIpc) is 2.60. The summed E-state index contributed by atoms with van der Waals surface area (Å²) in [6, 6.07) is 0. The van der Waals surface area contributed by atoms with Crippen molar-refractivity contribution in [3.8, 4) is 0 Å². The molecule has 4 unspecified atom stereocenters. The highest BCUT2D eigenvalue weighted by molar-refractivity contribution is 9.09. The van der Waals surface area contributed by atoms with E-state index in [1.165, 1.54) is 0 Å². The third kappa shape index (κ3) is 3.13. The molecule has 2 fully saturated rings. The minimum Gasteiger partial charge on any atom is -0.427 e. The van der Waals surface area contributed by atoms with Crippen molar-refractivity contribution < 1.29 is 19.0 Å². The number of hydrogen-bond donors (Lipinski definition) is 0. The van der Waals surface area contributed by atoms with E-state index in [1.807, 2.05) is 6.92 Å². The summed E-state index contributed by atoms with van der Waals surface area (Å²) in [4.78, 5) is 11.5. The van der Waals surface area contributed by atoms with E-state index in [-0.39, 0.29) is 24.4 Å². The minimum atomic E-state index is -0.531. The fraction of sp³-hybridized carbons (Fsp3) is 0.917. The molecular formula is C12H19BrO4. The molecule has 98 valence electrons. The van der Waals surface area contributed by atoms with Crippen LogP contribution in [0.4, 0.5) is 4.79 Å². The van der Waals surface area contributed by atoms with E-state index >= 15 is 0 Å². The second-order valence-electron chi connectivity index (χ2n) is 4.79. The van der Waals surface area contributed by atoms with Gasteiger partial charge in [0.2, 0.25) is 0 Å². The Bertz CT molecular complexity index is 284. The highest BCUT2D eigenvalue weighted by atomic mass is 79.9. The van der Waals surface area contributed by atoms with Crippen molar-refractivity contribution in [2.24, 2.45) is 0 Å². The molecular weight excluding hydrogens is 288 g/mol. The van der Waals surface area contributed by atoms with Gasteiger partial charge in [0.15, 0.2) is 0 Å². The van der Waals surface area contributed by atoms with E-state index in [4.69, 9.17) is 14.2 Å². The van der Waals surface area contributed by atoms with Gasteiger partial charge < -0.3 is 14.2 Å². The van der Waals surface area contributed by atoms with Crippen molar-refractivity contribution in [3.05, 3.63) is 0 Å². The normalized spacial score (nSPS) is 39.6. The first-order valence-corrected chi connectivity index (χ1v) is 7.18. The maximum absolute atomic E-state index is 11.1. The first kappa shape index (κ1) is 13.1. The Morgan fingerprint density at radius 3 is 2.76 bits per heavy atom. The summed E-state index contributed by atoms with van der Waals surface area (Å²) in [6.45, 7) is 4.16. The van der Waals surface area contributed by atoms with Gasteiger partial charge in [0.05, 0.1) is 12.2 Å². The maximum atomic E-state index is 11.1. The van der Waals surface area contributed by atoms with E-state index in [0.717, 1.165) is 25.7 Å².